The standard InChI is InChI=1S/C15H23NO2/c1-10(2)9-16-15(17)13(5)18-14-8-6-7-11(3)12(14)4/h6-8,10,13H,9H2,1-5H3,(H,16,17). The van der Waals surface area contributed by atoms with Crippen LogP contribution in [0, 0.1) is 19.8 Å². The molecule has 1 rings (SSSR count). The minimum atomic E-state index is -0.468. The van der Waals surface area contributed by atoms with Gasteiger partial charge >= 0.3 is 0 Å². The Hall–Kier alpha value is -1.51. The molecule has 0 aliphatic rings. The highest BCUT2D eigenvalue weighted by atomic mass is 16.5. The van der Waals surface area contributed by atoms with E-state index in [9.17, 15) is 4.79 Å². The lowest BCUT2D eigenvalue weighted by Gasteiger charge is -2.17. The predicted molar refractivity (Wildman–Crippen MR) is 73.9 cm³/mol. The summed E-state index contributed by atoms with van der Waals surface area (Å²) < 4.78 is 5.71. The van der Waals surface area contributed by atoms with E-state index >= 15 is 0 Å². The highest BCUT2D eigenvalue weighted by Crippen LogP contribution is 2.21. The monoisotopic (exact) mass is 249 g/mol. The minimum absolute atomic E-state index is 0.0652. The highest BCUT2D eigenvalue weighted by molar-refractivity contribution is 5.80. The summed E-state index contributed by atoms with van der Waals surface area (Å²) in [7, 11) is 0. The number of carbonyl (C=O) groups excluding carboxylic acids is 1. The molecule has 1 aromatic rings. The average Bonchev–Trinajstić information content (AvgIpc) is 2.31. The number of hydrogen-bond acceptors (Lipinski definition) is 2. The van der Waals surface area contributed by atoms with Crippen LogP contribution < -0.4 is 10.1 Å². The molecule has 1 amide bonds. The molecule has 1 unspecified atom stereocenters. The smallest absolute Gasteiger partial charge is 0.260 e. The topological polar surface area (TPSA) is 38.3 Å². The number of ether oxygens (including phenoxy) is 1. The van der Waals surface area contributed by atoms with Gasteiger partial charge in [-0.05, 0) is 43.9 Å². The van der Waals surface area contributed by atoms with Gasteiger partial charge in [-0.15, -0.1) is 0 Å². The van der Waals surface area contributed by atoms with Crippen LogP contribution in [-0.2, 0) is 4.79 Å². The number of amides is 1. The van der Waals surface area contributed by atoms with Crippen LogP contribution in [0.4, 0.5) is 0 Å². The molecule has 0 bridgehead atoms. The summed E-state index contributed by atoms with van der Waals surface area (Å²) in [5.74, 6) is 1.16. The zero-order valence-corrected chi connectivity index (χ0v) is 11.9. The molecule has 100 valence electrons. The first-order chi connectivity index (χ1) is 8.41. The first-order valence-electron chi connectivity index (χ1n) is 6.42. The lowest BCUT2D eigenvalue weighted by atomic mass is 10.1. The van der Waals surface area contributed by atoms with Gasteiger partial charge < -0.3 is 10.1 Å². The summed E-state index contributed by atoms with van der Waals surface area (Å²) in [6.07, 6.45) is -0.468. The third-order valence-electron chi connectivity index (χ3n) is 2.91. The third kappa shape index (κ3) is 4.06. The zero-order valence-electron chi connectivity index (χ0n) is 11.9. The summed E-state index contributed by atoms with van der Waals surface area (Å²) in [5, 5.41) is 2.87. The maximum atomic E-state index is 11.8. The van der Waals surface area contributed by atoms with Crippen molar-refractivity contribution >= 4 is 5.91 Å². The van der Waals surface area contributed by atoms with E-state index in [2.05, 4.69) is 19.2 Å². The quantitative estimate of drug-likeness (QED) is 0.871. The van der Waals surface area contributed by atoms with E-state index in [1.165, 1.54) is 5.56 Å². The van der Waals surface area contributed by atoms with Gasteiger partial charge in [0.25, 0.3) is 5.91 Å². The highest BCUT2D eigenvalue weighted by Gasteiger charge is 2.15. The first-order valence-corrected chi connectivity index (χ1v) is 6.42. The Kier molecular flexibility index (Phi) is 5.20. The second kappa shape index (κ2) is 6.43. The molecule has 0 fully saturated rings. The fourth-order valence-electron chi connectivity index (χ4n) is 1.54. The van der Waals surface area contributed by atoms with Gasteiger partial charge in [0.1, 0.15) is 5.75 Å². The van der Waals surface area contributed by atoms with E-state index in [1.807, 2.05) is 32.0 Å². The Morgan fingerprint density at radius 3 is 2.56 bits per heavy atom. The number of aryl methyl sites for hydroxylation is 1. The summed E-state index contributed by atoms with van der Waals surface area (Å²) in [6.45, 7) is 10.6. The lowest BCUT2D eigenvalue weighted by molar-refractivity contribution is -0.127. The number of hydrogen-bond donors (Lipinski definition) is 1. The van der Waals surface area contributed by atoms with Gasteiger partial charge in [0.15, 0.2) is 6.10 Å². The molecule has 0 radical (unpaired) electrons. The zero-order chi connectivity index (χ0) is 13.7. The summed E-state index contributed by atoms with van der Waals surface area (Å²) in [6, 6.07) is 5.87. The molecule has 0 aliphatic heterocycles. The second-order valence-electron chi connectivity index (χ2n) is 5.10. The Morgan fingerprint density at radius 1 is 1.28 bits per heavy atom. The number of carbonyl (C=O) groups is 1. The predicted octanol–water partition coefficient (Wildman–Crippen LogP) is 2.84. The molecule has 3 nitrogen and oxygen atoms in total. The van der Waals surface area contributed by atoms with E-state index in [0.29, 0.717) is 12.5 Å². The summed E-state index contributed by atoms with van der Waals surface area (Å²) in [4.78, 5) is 11.8. The molecule has 3 heteroatoms. The van der Waals surface area contributed by atoms with Gasteiger partial charge in [-0.25, -0.2) is 0 Å². The lowest BCUT2D eigenvalue weighted by Crippen LogP contribution is -2.38. The van der Waals surface area contributed by atoms with Crippen molar-refractivity contribution < 1.29 is 9.53 Å². The molecular weight excluding hydrogens is 226 g/mol. The molecule has 0 aliphatic carbocycles. The van der Waals surface area contributed by atoms with Crippen molar-refractivity contribution in [3.8, 4) is 5.75 Å². The van der Waals surface area contributed by atoms with Crippen LogP contribution in [0.5, 0.6) is 5.75 Å². The summed E-state index contributed by atoms with van der Waals surface area (Å²) >= 11 is 0. The van der Waals surface area contributed by atoms with E-state index in [0.717, 1.165) is 11.3 Å². The minimum Gasteiger partial charge on any atom is -0.481 e. The number of nitrogens with one attached hydrogen (secondary N) is 1. The first kappa shape index (κ1) is 14.6. The van der Waals surface area contributed by atoms with E-state index < -0.39 is 6.10 Å². The van der Waals surface area contributed by atoms with E-state index in [4.69, 9.17) is 4.74 Å². The van der Waals surface area contributed by atoms with Crippen molar-refractivity contribution in [2.24, 2.45) is 5.92 Å². The van der Waals surface area contributed by atoms with Gasteiger partial charge in [-0.3, -0.25) is 4.79 Å². The molecule has 18 heavy (non-hydrogen) atoms. The van der Waals surface area contributed by atoms with E-state index in [-0.39, 0.29) is 5.91 Å². The van der Waals surface area contributed by atoms with Gasteiger partial charge in [0.05, 0.1) is 0 Å². The average molecular weight is 249 g/mol. The third-order valence-corrected chi connectivity index (χ3v) is 2.91. The van der Waals surface area contributed by atoms with Crippen LogP contribution in [0.1, 0.15) is 31.9 Å². The van der Waals surface area contributed by atoms with Crippen molar-refractivity contribution in [2.45, 2.75) is 40.7 Å². The molecule has 1 aromatic carbocycles. The largest absolute Gasteiger partial charge is 0.481 e. The van der Waals surface area contributed by atoms with E-state index in [1.54, 1.807) is 6.92 Å². The van der Waals surface area contributed by atoms with Crippen LogP contribution in [0.15, 0.2) is 18.2 Å². The van der Waals surface area contributed by atoms with Crippen molar-refractivity contribution in [3.05, 3.63) is 29.3 Å². The maximum absolute atomic E-state index is 11.8. The van der Waals surface area contributed by atoms with Crippen molar-refractivity contribution in [1.29, 1.82) is 0 Å². The van der Waals surface area contributed by atoms with Crippen LogP contribution >= 0.6 is 0 Å². The number of benzene rings is 1. The Balaban J connectivity index is 2.61. The SMILES string of the molecule is Cc1cccc(OC(C)C(=O)NCC(C)C)c1C. The fraction of sp³-hybridized carbons (Fsp3) is 0.533. The van der Waals surface area contributed by atoms with Crippen LogP contribution in [-0.4, -0.2) is 18.6 Å². The molecule has 0 heterocycles. The van der Waals surface area contributed by atoms with Crippen molar-refractivity contribution in [3.63, 3.8) is 0 Å². The molecule has 0 saturated heterocycles. The maximum Gasteiger partial charge on any atom is 0.260 e. The van der Waals surface area contributed by atoms with Gasteiger partial charge in [-0.2, -0.15) is 0 Å². The Labute approximate surface area is 110 Å². The normalized spacial score (nSPS) is 12.3. The number of rotatable bonds is 5. The van der Waals surface area contributed by atoms with Crippen LogP contribution in [0.25, 0.3) is 0 Å². The summed E-state index contributed by atoms with van der Waals surface area (Å²) in [5.41, 5.74) is 2.25. The van der Waals surface area contributed by atoms with Crippen LogP contribution in [0.3, 0.4) is 0 Å². The molecule has 0 saturated carbocycles. The molecular formula is C15H23NO2. The Morgan fingerprint density at radius 2 is 1.94 bits per heavy atom. The van der Waals surface area contributed by atoms with Crippen molar-refractivity contribution in [2.75, 3.05) is 6.54 Å². The second-order valence-corrected chi connectivity index (χ2v) is 5.10. The van der Waals surface area contributed by atoms with Gasteiger partial charge in [-0.1, -0.05) is 26.0 Å². The Bertz CT molecular complexity index is 413. The fourth-order valence-corrected chi connectivity index (χ4v) is 1.54. The molecule has 0 spiro atoms. The van der Waals surface area contributed by atoms with Gasteiger partial charge in [0.2, 0.25) is 0 Å². The van der Waals surface area contributed by atoms with Gasteiger partial charge in [0, 0.05) is 6.54 Å². The molecule has 1 N–H and O–H groups in total. The molecule has 0 aromatic heterocycles. The van der Waals surface area contributed by atoms with Crippen molar-refractivity contribution in [1.82, 2.24) is 5.32 Å². The molecule has 1 atom stereocenters. The van der Waals surface area contributed by atoms with Crippen LogP contribution in [0.2, 0.25) is 0 Å².